The second-order valence-corrected chi connectivity index (χ2v) is 5.62. The highest BCUT2D eigenvalue weighted by Crippen LogP contribution is 2.32. The molecule has 8 heteroatoms. The Morgan fingerprint density at radius 3 is 2.71 bits per heavy atom. The van der Waals surface area contributed by atoms with Crippen molar-refractivity contribution < 1.29 is 22.7 Å². The number of amides is 1. The quantitative estimate of drug-likeness (QED) is 0.810. The topological polar surface area (TPSA) is 50.4 Å². The number of nitrogens with one attached hydrogen (secondary N) is 2. The molecule has 116 valence electrons. The van der Waals surface area contributed by atoms with Crippen LogP contribution in [0.25, 0.3) is 0 Å². The summed E-state index contributed by atoms with van der Waals surface area (Å²) in [5.41, 5.74) is 0.190. The molecular formula is C13H14BrF3N2O2. The molecule has 4 nitrogen and oxygen atoms in total. The summed E-state index contributed by atoms with van der Waals surface area (Å²) in [6, 6.07) is 4.55. The lowest BCUT2D eigenvalue weighted by molar-refractivity contribution is -0.274. The molecule has 21 heavy (non-hydrogen) atoms. The van der Waals surface area contributed by atoms with Gasteiger partial charge in [-0.2, -0.15) is 0 Å². The fourth-order valence-corrected chi connectivity index (χ4v) is 2.03. The van der Waals surface area contributed by atoms with Gasteiger partial charge in [-0.1, -0.05) is 15.9 Å². The first-order chi connectivity index (χ1) is 9.83. The van der Waals surface area contributed by atoms with Gasteiger partial charge in [0.1, 0.15) is 0 Å². The van der Waals surface area contributed by atoms with Crippen LogP contribution in [0.15, 0.2) is 22.7 Å². The van der Waals surface area contributed by atoms with Crippen LogP contribution >= 0.6 is 15.9 Å². The lowest BCUT2D eigenvalue weighted by Gasteiger charge is -2.15. The second-order valence-electron chi connectivity index (χ2n) is 4.71. The molecule has 1 amide bonds. The Bertz CT molecular complexity index is 519. The minimum atomic E-state index is -4.76. The van der Waals surface area contributed by atoms with E-state index in [4.69, 9.17) is 0 Å². The highest BCUT2D eigenvalue weighted by molar-refractivity contribution is 9.10. The maximum atomic E-state index is 12.3. The monoisotopic (exact) mass is 366 g/mol. The number of halogens is 4. The minimum absolute atomic E-state index is 0.111. The molecule has 0 atom stereocenters. The number of rotatable bonds is 6. The van der Waals surface area contributed by atoms with Gasteiger partial charge in [0, 0.05) is 23.5 Å². The molecule has 0 spiro atoms. The molecule has 1 aromatic carbocycles. The molecule has 1 aromatic rings. The predicted molar refractivity (Wildman–Crippen MR) is 75.1 cm³/mol. The fraction of sp³-hybridized carbons (Fsp3) is 0.462. The van der Waals surface area contributed by atoms with Gasteiger partial charge in [0.25, 0.3) is 0 Å². The molecule has 0 aromatic heterocycles. The van der Waals surface area contributed by atoms with Crippen molar-refractivity contribution in [3.63, 3.8) is 0 Å². The van der Waals surface area contributed by atoms with Gasteiger partial charge in [-0.15, -0.1) is 13.2 Å². The molecule has 1 aliphatic carbocycles. The van der Waals surface area contributed by atoms with Crippen molar-refractivity contribution in [3.8, 4) is 5.75 Å². The molecule has 0 bridgehead atoms. The van der Waals surface area contributed by atoms with E-state index >= 15 is 0 Å². The van der Waals surface area contributed by atoms with Gasteiger partial charge in [-0.25, -0.2) is 0 Å². The first-order valence-corrected chi connectivity index (χ1v) is 7.21. The van der Waals surface area contributed by atoms with Crippen LogP contribution in [0.4, 0.5) is 18.9 Å². The fourth-order valence-electron chi connectivity index (χ4n) is 1.69. The van der Waals surface area contributed by atoms with E-state index in [1.807, 2.05) is 0 Å². The average Bonchev–Trinajstić information content (AvgIpc) is 3.13. The van der Waals surface area contributed by atoms with Gasteiger partial charge in [-0.3, -0.25) is 4.79 Å². The molecule has 1 saturated carbocycles. The molecular weight excluding hydrogens is 353 g/mol. The number of ether oxygens (including phenoxy) is 1. The van der Waals surface area contributed by atoms with Crippen molar-refractivity contribution in [1.82, 2.24) is 5.32 Å². The summed E-state index contributed by atoms with van der Waals surface area (Å²) in [6.45, 7) is 0.231. The molecule has 1 fully saturated rings. The van der Waals surface area contributed by atoms with E-state index < -0.39 is 6.36 Å². The largest absolute Gasteiger partial charge is 0.573 e. The number of anilines is 1. The highest BCUT2D eigenvalue weighted by atomic mass is 79.9. The van der Waals surface area contributed by atoms with Crippen molar-refractivity contribution in [3.05, 3.63) is 22.7 Å². The van der Waals surface area contributed by atoms with E-state index in [-0.39, 0.29) is 36.4 Å². The van der Waals surface area contributed by atoms with Crippen LogP contribution in [0.1, 0.15) is 19.3 Å². The van der Waals surface area contributed by atoms with E-state index in [1.54, 1.807) is 6.07 Å². The Labute approximate surface area is 128 Å². The standard InChI is InChI=1S/C13H14BrF3N2O2/c14-8-1-4-10(11(7-8)21-13(15,16)17)18-6-5-12(20)19-9-2-3-9/h1,4,7,9,18H,2-3,5-6H2,(H,19,20). The van der Waals surface area contributed by atoms with Gasteiger partial charge in [0.2, 0.25) is 5.91 Å². The first kappa shape index (κ1) is 15.9. The molecule has 0 heterocycles. The average molecular weight is 367 g/mol. The van der Waals surface area contributed by atoms with Crippen LogP contribution < -0.4 is 15.4 Å². The zero-order chi connectivity index (χ0) is 15.5. The van der Waals surface area contributed by atoms with E-state index in [0.717, 1.165) is 12.8 Å². The van der Waals surface area contributed by atoms with Crippen molar-refractivity contribution in [1.29, 1.82) is 0 Å². The third-order valence-electron chi connectivity index (χ3n) is 2.78. The minimum Gasteiger partial charge on any atom is -0.404 e. The van der Waals surface area contributed by atoms with Crippen LogP contribution in [0.5, 0.6) is 5.75 Å². The third kappa shape index (κ3) is 5.82. The van der Waals surface area contributed by atoms with Gasteiger partial charge < -0.3 is 15.4 Å². The maximum Gasteiger partial charge on any atom is 0.573 e. The van der Waals surface area contributed by atoms with E-state index in [2.05, 4.69) is 31.3 Å². The lowest BCUT2D eigenvalue weighted by atomic mass is 10.3. The summed E-state index contributed by atoms with van der Waals surface area (Å²) in [4.78, 5) is 11.5. The zero-order valence-electron chi connectivity index (χ0n) is 11.0. The number of benzene rings is 1. The van der Waals surface area contributed by atoms with E-state index in [9.17, 15) is 18.0 Å². The number of carbonyl (C=O) groups excluding carboxylic acids is 1. The molecule has 2 rings (SSSR count). The van der Waals surface area contributed by atoms with E-state index in [1.165, 1.54) is 12.1 Å². The zero-order valence-corrected chi connectivity index (χ0v) is 12.6. The molecule has 0 saturated heterocycles. The molecule has 0 unspecified atom stereocenters. The SMILES string of the molecule is O=C(CCNc1ccc(Br)cc1OC(F)(F)F)NC1CC1. The summed E-state index contributed by atoms with van der Waals surface area (Å²) in [5, 5.41) is 5.59. The second kappa shape index (κ2) is 6.55. The molecule has 0 aliphatic heterocycles. The smallest absolute Gasteiger partial charge is 0.404 e. The van der Waals surface area contributed by atoms with Gasteiger partial charge in [0.05, 0.1) is 5.69 Å². The number of hydrogen-bond donors (Lipinski definition) is 2. The van der Waals surface area contributed by atoms with Crippen molar-refractivity contribution >= 4 is 27.5 Å². The molecule has 0 radical (unpaired) electrons. The lowest BCUT2D eigenvalue weighted by Crippen LogP contribution is -2.27. The number of alkyl halides is 3. The molecule has 2 N–H and O–H groups in total. The summed E-state index contributed by atoms with van der Waals surface area (Å²) >= 11 is 3.09. The Balaban J connectivity index is 1.90. The Morgan fingerprint density at radius 1 is 1.38 bits per heavy atom. The number of hydrogen-bond acceptors (Lipinski definition) is 3. The summed E-state index contributed by atoms with van der Waals surface area (Å²) in [6.07, 6.45) is -2.58. The maximum absolute atomic E-state index is 12.3. The van der Waals surface area contributed by atoms with Crippen LogP contribution in [-0.2, 0) is 4.79 Å². The Morgan fingerprint density at radius 2 is 2.10 bits per heavy atom. The summed E-state index contributed by atoms with van der Waals surface area (Å²) in [7, 11) is 0. The highest BCUT2D eigenvalue weighted by Gasteiger charge is 2.32. The summed E-state index contributed by atoms with van der Waals surface area (Å²) in [5.74, 6) is -0.445. The Kier molecular flexibility index (Phi) is 4.97. The van der Waals surface area contributed by atoms with Crippen LogP contribution in [0.2, 0.25) is 0 Å². The number of carbonyl (C=O) groups is 1. The summed E-state index contributed by atoms with van der Waals surface area (Å²) < 4.78 is 41.4. The normalized spacial score (nSPS) is 14.7. The van der Waals surface area contributed by atoms with E-state index in [0.29, 0.717) is 4.47 Å². The predicted octanol–water partition coefficient (Wildman–Crippen LogP) is 3.43. The third-order valence-corrected chi connectivity index (χ3v) is 3.27. The molecule has 1 aliphatic rings. The van der Waals surface area contributed by atoms with Gasteiger partial charge in [0.15, 0.2) is 5.75 Å². The van der Waals surface area contributed by atoms with Crippen molar-refractivity contribution in [2.45, 2.75) is 31.7 Å². The van der Waals surface area contributed by atoms with Crippen molar-refractivity contribution in [2.24, 2.45) is 0 Å². The van der Waals surface area contributed by atoms with Crippen LogP contribution in [0.3, 0.4) is 0 Å². The van der Waals surface area contributed by atoms with Crippen LogP contribution in [-0.4, -0.2) is 24.9 Å². The Hall–Kier alpha value is -1.44. The van der Waals surface area contributed by atoms with Crippen molar-refractivity contribution in [2.75, 3.05) is 11.9 Å². The first-order valence-electron chi connectivity index (χ1n) is 6.42. The van der Waals surface area contributed by atoms with Gasteiger partial charge in [-0.05, 0) is 31.0 Å². The van der Waals surface area contributed by atoms with Gasteiger partial charge >= 0.3 is 6.36 Å². The van der Waals surface area contributed by atoms with Crippen LogP contribution in [0, 0.1) is 0 Å².